The van der Waals surface area contributed by atoms with E-state index in [1.54, 1.807) is 7.11 Å². The summed E-state index contributed by atoms with van der Waals surface area (Å²) in [6.07, 6.45) is 9.26. The lowest BCUT2D eigenvalue weighted by molar-refractivity contribution is -0.144. The third kappa shape index (κ3) is 6.00. The summed E-state index contributed by atoms with van der Waals surface area (Å²) >= 11 is 0. The first-order chi connectivity index (χ1) is 17.1. The summed E-state index contributed by atoms with van der Waals surface area (Å²) in [5, 5.41) is 3.34. The number of rotatable bonds is 8. The fourth-order valence-electron chi connectivity index (χ4n) is 6.27. The minimum Gasteiger partial charge on any atom is -0.497 e. The van der Waals surface area contributed by atoms with Gasteiger partial charge in [-0.25, -0.2) is 0 Å². The van der Waals surface area contributed by atoms with Crippen molar-refractivity contribution in [3.63, 3.8) is 0 Å². The van der Waals surface area contributed by atoms with Gasteiger partial charge < -0.3 is 19.9 Å². The van der Waals surface area contributed by atoms with Gasteiger partial charge in [0.1, 0.15) is 11.8 Å². The van der Waals surface area contributed by atoms with E-state index < -0.39 is 0 Å². The monoisotopic (exact) mass is 482 g/mol. The highest BCUT2D eigenvalue weighted by Gasteiger charge is 2.47. The van der Waals surface area contributed by atoms with Crippen LogP contribution in [0.25, 0.3) is 0 Å². The van der Waals surface area contributed by atoms with E-state index in [0.29, 0.717) is 12.5 Å². The molecule has 2 atom stereocenters. The Bertz CT molecular complexity index is 877. The zero-order valence-corrected chi connectivity index (χ0v) is 21.3. The highest BCUT2D eigenvalue weighted by molar-refractivity contribution is 5.90. The van der Waals surface area contributed by atoms with Crippen LogP contribution >= 0.6 is 0 Å². The molecule has 2 amide bonds. The van der Waals surface area contributed by atoms with Crippen molar-refractivity contribution < 1.29 is 14.3 Å². The first-order valence-electron chi connectivity index (χ1n) is 13.8. The Morgan fingerprint density at radius 1 is 1.06 bits per heavy atom. The summed E-state index contributed by atoms with van der Waals surface area (Å²) in [4.78, 5) is 33.5. The maximum Gasteiger partial charge on any atom is 0.245 e. The number of hydrogen-bond acceptors (Lipinski definition) is 5. The van der Waals surface area contributed by atoms with Crippen LogP contribution in [0.5, 0.6) is 5.75 Å². The Hall–Kier alpha value is -2.12. The molecule has 2 saturated carbocycles. The van der Waals surface area contributed by atoms with Gasteiger partial charge in [0.2, 0.25) is 11.8 Å². The molecule has 35 heavy (non-hydrogen) atoms. The van der Waals surface area contributed by atoms with Crippen LogP contribution in [0.4, 0.5) is 0 Å². The van der Waals surface area contributed by atoms with E-state index in [1.165, 1.54) is 37.7 Å². The Morgan fingerprint density at radius 2 is 1.83 bits per heavy atom. The first-order valence-corrected chi connectivity index (χ1v) is 13.8. The van der Waals surface area contributed by atoms with E-state index in [1.807, 2.05) is 15.9 Å². The third-order valence-corrected chi connectivity index (χ3v) is 8.46. The number of ether oxygens (including phenoxy) is 1. The van der Waals surface area contributed by atoms with Gasteiger partial charge in [-0.05, 0) is 55.7 Å². The second kappa shape index (κ2) is 11.3. The lowest BCUT2D eigenvalue weighted by atomic mass is 9.88. The van der Waals surface area contributed by atoms with E-state index >= 15 is 0 Å². The molecule has 2 unspecified atom stereocenters. The van der Waals surface area contributed by atoms with E-state index in [2.05, 4.69) is 28.4 Å². The average molecular weight is 483 g/mol. The second-order valence-corrected chi connectivity index (χ2v) is 11.0. The summed E-state index contributed by atoms with van der Waals surface area (Å²) in [7, 11) is 1.71. The number of carbonyl (C=O) groups excluding carboxylic acids is 2. The molecule has 7 nitrogen and oxygen atoms in total. The topological polar surface area (TPSA) is 65.1 Å². The second-order valence-electron chi connectivity index (χ2n) is 11.0. The fourth-order valence-corrected chi connectivity index (χ4v) is 6.27. The van der Waals surface area contributed by atoms with Crippen molar-refractivity contribution >= 4 is 11.8 Å². The SMILES string of the molecule is COc1cccc(CN(CC2CCCCC2)C2CC(C(=O)N3CCNCC3)N(C(=O)C3CC3)C2)c1. The molecule has 5 rings (SSSR count). The van der Waals surface area contributed by atoms with E-state index in [9.17, 15) is 9.59 Å². The highest BCUT2D eigenvalue weighted by Crippen LogP contribution is 2.36. The van der Waals surface area contributed by atoms with E-state index in [4.69, 9.17) is 4.74 Å². The number of piperazine rings is 1. The van der Waals surface area contributed by atoms with Gasteiger partial charge >= 0.3 is 0 Å². The number of likely N-dealkylation sites (tertiary alicyclic amines) is 1. The van der Waals surface area contributed by atoms with E-state index in [-0.39, 0.29) is 29.8 Å². The van der Waals surface area contributed by atoms with Crippen LogP contribution in [-0.4, -0.2) is 85.0 Å². The van der Waals surface area contributed by atoms with Crippen molar-refractivity contribution in [1.29, 1.82) is 0 Å². The van der Waals surface area contributed by atoms with E-state index in [0.717, 1.165) is 64.3 Å². The van der Waals surface area contributed by atoms with Crippen molar-refractivity contribution in [3.8, 4) is 5.75 Å². The lowest BCUT2D eigenvalue weighted by Crippen LogP contribution is -2.53. The number of carbonyl (C=O) groups is 2. The van der Waals surface area contributed by atoms with Crippen LogP contribution in [0.15, 0.2) is 24.3 Å². The molecule has 2 aliphatic heterocycles. The molecular weight excluding hydrogens is 440 g/mol. The average Bonchev–Trinajstić information content (AvgIpc) is 3.67. The van der Waals surface area contributed by atoms with Crippen LogP contribution in [0, 0.1) is 11.8 Å². The molecule has 4 aliphatic rings. The van der Waals surface area contributed by atoms with Gasteiger partial charge in [0, 0.05) is 57.8 Å². The Kier molecular flexibility index (Phi) is 7.93. The van der Waals surface area contributed by atoms with Crippen molar-refractivity contribution in [2.45, 2.75) is 70.0 Å². The van der Waals surface area contributed by atoms with Gasteiger partial charge in [-0.2, -0.15) is 0 Å². The summed E-state index contributed by atoms with van der Waals surface area (Å²) < 4.78 is 5.48. The van der Waals surface area contributed by atoms with Crippen molar-refractivity contribution in [1.82, 2.24) is 20.0 Å². The number of amides is 2. The molecule has 7 heteroatoms. The molecular formula is C28H42N4O3. The molecule has 192 valence electrons. The molecule has 1 aromatic carbocycles. The van der Waals surface area contributed by atoms with Crippen LogP contribution in [0.3, 0.4) is 0 Å². The summed E-state index contributed by atoms with van der Waals surface area (Å²) in [5.74, 6) is 2.08. The minimum absolute atomic E-state index is 0.136. The Balaban J connectivity index is 1.36. The minimum atomic E-state index is -0.314. The van der Waals surface area contributed by atoms with Crippen LogP contribution in [-0.2, 0) is 16.1 Å². The number of benzene rings is 1. The fraction of sp³-hybridized carbons (Fsp3) is 0.714. The molecule has 4 fully saturated rings. The van der Waals surface area contributed by atoms with Crippen LogP contribution in [0.2, 0.25) is 0 Å². The standard InChI is InChI=1S/C28H42N4O3/c1-35-25-9-5-8-22(16-25)19-31(18-21-6-3-2-4-7-21)24-17-26(28(34)30-14-12-29-13-15-30)32(20-24)27(33)23-10-11-23/h5,8-9,16,21,23-24,26,29H,2-4,6-7,10-15,17-20H2,1H3. The molecule has 0 spiro atoms. The predicted molar refractivity (Wildman–Crippen MR) is 136 cm³/mol. The molecule has 0 bridgehead atoms. The first kappa shape index (κ1) is 24.6. The maximum absolute atomic E-state index is 13.6. The molecule has 0 aromatic heterocycles. The number of hydrogen-bond donors (Lipinski definition) is 1. The number of methoxy groups -OCH3 is 1. The third-order valence-electron chi connectivity index (χ3n) is 8.46. The molecule has 1 aromatic rings. The normalized spacial score (nSPS) is 25.8. The Morgan fingerprint density at radius 3 is 2.54 bits per heavy atom. The summed E-state index contributed by atoms with van der Waals surface area (Å²) in [6, 6.07) is 8.23. The zero-order chi connectivity index (χ0) is 24.2. The smallest absolute Gasteiger partial charge is 0.245 e. The summed E-state index contributed by atoms with van der Waals surface area (Å²) in [5.41, 5.74) is 1.23. The van der Waals surface area contributed by atoms with Gasteiger partial charge in [-0.1, -0.05) is 31.4 Å². The predicted octanol–water partition coefficient (Wildman–Crippen LogP) is 2.89. The van der Waals surface area contributed by atoms with Gasteiger partial charge in [0.15, 0.2) is 0 Å². The van der Waals surface area contributed by atoms with Crippen molar-refractivity contribution in [2.24, 2.45) is 11.8 Å². The van der Waals surface area contributed by atoms with Gasteiger partial charge in [-0.15, -0.1) is 0 Å². The quantitative estimate of drug-likeness (QED) is 0.617. The highest BCUT2D eigenvalue weighted by atomic mass is 16.5. The van der Waals surface area contributed by atoms with Gasteiger partial charge in [0.25, 0.3) is 0 Å². The summed E-state index contributed by atoms with van der Waals surface area (Å²) in [6.45, 7) is 5.70. The zero-order valence-electron chi connectivity index (χ0n) is 21.3. The van der Waals surface area contributed by atoms with Crippen LogP contribution < -0.4 is 10.1 Å². The van der Waals surface area contributed by atoms with Crippen molar-refractivity contribution in [2.75, 3.05) is 46.4 Å². The largest absolute Gasteiger partial charge is 0.497 e. The lowest BCUT2D eigenvalue weighted by Gasteiger charge is -2.34. The van der Waals surface area contributed by atoms with Gasteiger partial charge in [-0.3, -0.25) is 14.5 Å². The van der Waals surface area contributed by atoms with Crippen molar-refractivity contribution in [3.05, 3.63) is 29.8 Å². The molecule has 1 N–H and O–H groups in total. The molecule has 2 saturated heterocycles. The van der Waals surface area contributed by atoms with Gasteiger partial charge in [0.05, 0.1) is 7.11 Å². The van der Waals surface area contributed by atoms with Crippen LogP contribution in [0.1, 0.15) is 56.9 Å². The number of nitrogens with one attached hydrogen (secondary N) is 1. The molecule has 0 radical (unpaired) electrons. The number of nitrogens with zero attached hydrogens (tertiary/aromatic N) is 3. The maximum atomic E-state index is 13.6. The Labute approximate surface area is 210 Å². The molecule has 2 aliphatic carbocycles. The molecule has 2 heterocycles.